The maximum Gasteiger partial charge on any atom is 0.320 e. The highest BCUT2D eigenvalue weighted by Crippen LogP contribution is 2.24. The molecule has 2 amide bonds. The van der Waals surface area contributed by atoms with E-state index in [1.165, 1.54) is 0 Å². The van der Waals surface area contributed by atoms with E-state index in [0.717, 1.165) is 19.3 Å². The Morgan fingerprint density at radius 1 is 1.15 bits per heavy atom. The van der Waals surface area contributed by atoms with Gasteiger partial charge in [0.25, 0.3) is 0 Å². The molecule has 2 saturated heterocycles. The maximum atomic E-state index is 12.4. The summed E-state index contributed by atoms with van der Waals surface area (Å²) in [6.07, 6.45) is 2.24. The summed E-state index contributed by atoms with van der Waals surface area (Å²) in [5.41, 5.74) is 0. The van der Waals surface area contributed by atoms with Crippen LogP contribution in [0.25, 0.3) is 0 Å². The Bertz CT molecular complexity index is 364. The van der Waals surface area contributed by atoms with Gasteiger partial charge in [-0.2, -0.15) is 0 Å². The molecule has 0 radical (unpaired) electrons. The first-order valence-electron chi connectivity index (χ1n) is 7.41. The van der Waals surface area contributed by atoms with E-state index in [1.54, 1.807) is 6.92 Å². The van der Waals surface area contributed by atoms with Gasteiger partial charge in [0.05, 0.1) is 6.10 Å². The summed E-state index contributed by atoms with van der Waals surface area (Å²) in [5.74, 6) is -0.377. The molecule has 0 bridgehead atoms. The van der Waals surface area contributed by atoms with Crippen molar-refractivity contribution in [3.05, 3.63) is 0 Å². The number of aliphatic carboxylic acids is 1. The number of rotatable bonds is 3. The smallest absolute Gasteiger partial charge is 0.320 e. The summed E-state index contributed by atoms with van der Waals surface area (Å²) in [7, 11) is 0. The molecule has 2 N–H and O–H groups in total. The zero-order valence-electron chi connectivity index (χ0n) is 12.0. The van der Waals surface area contributed by atoms with Gasteiger partial charge in [-0.25, -0.2) is 4.79 Å². The highest BCUT2D eigenvalue weighted by molar-refractivity contribution is 5.75. The fourth-order valence-electron chi connectivity index (χ4n) is 3.13. The number of carbonyl (C=O) groups is 2. The largest absolute Gasteiger partial charge is 0.481 e. The molecule has 0 spiro atoms. The molecule has 114 valence electrons. The lowest BCUT2D eigenvalue weighted by molar-refractivity contribution is -0.138. The maximum absolute atomic E-state index is 12.4. The first kappa shape index (κ1) is 15.1. The number of aliphatic hydroxyl groups excluding tert-OH is 1. The van der Waals surface area contributed by atoms with Crippen LogP contribution >= 0.6 is 0 Å². The van der Waals surface area contributed by atoms with Crippen molar-refractivity contribution in [2.24, 2.45) is 11.8 Å². The molecule has 2 atom stereocenters. The second-order valence-electron chi connectivity index (χ2n) is 6.05. The molecule has 6 nitrogen and oxygen atoms in total. The minimum absolute atomic E-state index is 0.0434. The number of piperidine rings is 1. The molecular formula is C14H24N2O4. The lowest BCUT2D eigenvalue weighted by Crippen LogP contribution is -2.46. The van der Waals surface area contributed by atoms with Crippen molar-refractivity contribution in [3.8, 4) is 0 Å². The molecule has 2 fully saturated rings. The number of carboxylic acid groups (broad SMARTS) is 1. The number of hydrogen-bond acceptors (Lipinski definition) is 3. The predicted octanol–water partition coefficient (Wildman–Crippen LogP) is 0.996. The highest BCUT2D eigenvalue weighted by atomic mass is 16.4. The number of urea groups is 1. The lowest BCUT2D eigenvalue weighted by Gasteiger charge is -2.34. The van der Waals surface area contributed by atoms with E-state index < -0.39 is 5.97 Å². The van der Waals surface area contributed by atoms with Crippen molar-refractivity contribution < 1.29 is 19.8 Å². The Morgan fingerprint density at radius 3 is 2.25 bits per heavy atom. The molecule has 20 heavy (non-hydrogen) atoms. The van der Waals surface area contributed by atoms with E-state index in [2.05, 4.69) is 0 Å². The molecule has 6 heteroatoms. The monoisotopic (exact) mass is 284 g/mol. The third-order valence-corrected chi connectivity index (χ3v) is 4.53. The Kier molecular flexibility index (Phi) is 4.86. The van der Waals surface area contributed by atoms with Crippen LogP contribution in [-0.4, -0.2) is 64.3 Å². The summed E-state index contributed by atoms with van der Waals surface area (Å²) < 4.78 is 0. The summed E-state index contributed by atoms with van der Waals surface area (Å²) in [6, 6.07) is 0.0434. The third kappa shape index (κ3) is 3.62. The molecule has 2 aliphatic heterocycles. The number of likely N-dealkylation sites (tertiary alicyclic amines) is 2. The zero-order chi connectivity index (χ0) is 14.7. The molecule has 2 rings (SSSR count). The van der Waals surface area contributed by atoms with E-state index >= 15 is 0 Å². The van der Waals surface area contributed by atoms with Crippen LogP contribution in [0.5, 0.6) is 0 Å². The number of amides is 2. The topological polar surface area (TPSA) is 81.1 Å². The summed E-state index contributed by atoms with van der Waals surface area (Å²) in [6.45, 7) is 4.41. The van der Waals surface area contributed by atoms with Gasteiger partial charge in [0, 0.05) is 38.5 Å². The summed E-state index contributed by atoms with van der Waals surface area (Å²) >= 11 is 0. The molecule has 0 saturated carbocycles. The van der Waals surface area contributed by atoms with E-state index in [4.69, 9.17) is 5.11 Å². The fourth-order valence-corrected chi connectivity index (χ4v) is 3.13. The van der Waals surface area contributed by atoms with E-state index in [1.807, 2.05) is 9.80 Å². The van der Waals surface area contributed by atoms with Crippen LogP contribution < -0.4 is 0 Å². The van der Waals surface area contributed by atoms with Crippen molar-refractivity contribution in [1.29, 1.82) is 0 Å². The number of carbonyl (C=O) groups excluding carboxylic acids is 1. The van der Waals surface area contributed by atoms with Crippen LogP contribution in [0.4, 0.5) is 4.79 Å². The quantitative estimate of drug-likeness (QED) is 0.810. The first-order valence-corrected chi connectivity index (χ1v) is 7.41. The average Bonchev–Trinajstić information content (AvgIpc) is 2.88. The van der Waals surface area contributed by atoms with Crippen molar-refractivity contribution in [2.45, 2.75) is 38.7 Å². The third-order valence-electron chi connectivity index (χ3n) is 4.53. The standard InChI is InChI=1S/C14H24N2O4/c1-10(17)12-4-7-16(9-12)14(20)15-5-2-11(3-6-15)8-13(18)19/h10-12,17H,2-9H2,1H3,(H,18,19). The molecule has 0 aromatic rings. The molecule has 0 aliphatic carbocycles. The summed E-state index contributed by atoms with van der Waals surface area (Å²) in [4.78, 5) is 26.7. The first-order chi connectivity index (χ1) is 9.47. The van der Waals surface area contributed by atoms with E-state index in [9.17, 15) is 14.7 Å². The van der Waals surface area contributed by atoms with Gasteiger partial charge in [-0.1, -0.05) is 0 Å². The number of nitrogens with zero attached hydrogens (tertiary/aromatic N) is 2. The van der Waals surface area contributed by atoms with Crippen LogP contribution in [0.15, 0.2) is 0 Å². The highest BCUT2D eigenvalue weighted by Gasteiger charge is 2.33. The van der Waals surface area contributed by atoms with Crippen molar-refractivity contribution in [3.63, 3.8) is 0 Å². The van der Waals surface area contributed by atoms with E-state index in [0.29, 0.717) is 26.2 Å². The van der Waals surface area contributed by atoms with Gasteiger partial charge in [0.1, 0.15) is 0 Å². The Morgan fingerprint density at radius 2 is 1.75 bits per heavy atom. The number of aliphatic hydroxyl groups is 1. The Hall–Kier alpha value is -1.30. The van der Waals surface area contributed by atoms with Crippen LogP contribution in [-0.2, 0) is 4.79 Å². The SMILES string of the molecule is CC(O)C1CCN(C(=O)N2CCC(CC(=O)O)CC2)C1. The van der Waals surface area contributed by atoms with Gasteiger partial charge < -0.3 is 20.0 Å². The Labute approximate surface area is 119 Å². The van der Waals surface area contributed by atoms with E-state index in [-0.39, 0.29) is 30.4 Å². The van der Waals surface area contributed by atoms with Crippen molar-refractivity contribution in [1.82, 2.24) is 9.80 Å². The van der Waals surface area contributed by atoms with Gasteiger partial charge in [-0.15, -0.1) is 0 Å². The summed E-state index contributed by atoms with van der Waals surface area (Å²) in [5, 5.41) is 18.4. The Balaban J connectivity index is 1.79. The second kappa shape index (κ2) is 6.43. The predicted molar refractivity (Wildman–Crippen MR) is 73.3 cm³/mol. The van der Waals surface area contributed by atoms with Crippen LogP contribution in [0.3, 0.4) is 0 Å². The molecule has 2 heterocycles. The molecule has 2 unspecified atom stereocenters. The van der Waals surface area contributed by atoms with Gasteiger partial charge in [-0.05, 0) is 32.1 Å². The van der Waals surface area contributed by atoms with Crippen LogP contribution in [0, 0.1) is 11.8 Å². The number of carboxylic acids is 1. The molecule has 2 aliphatic rings. The normalized spacial score (nSPS) is 25.8. The van der Waals surface area contributed by atoms with Gasteiger partial charge >= 0.3 is 12.0 Å². The minimum Gasteiger partial charge on any atom is -0.481 e. The van der Waals surface area contributed by atoms with Crippen molar-refractivity contribution >= 4 is 12.0 Å². The molecular weight excluding hydrogens is 260 g/mol. The zero-order valence-corrected chi connectivity index (χ0v) is 12.0. The van der Waals surface area contributed by atoms with Gasteiger partial charge in [-0.3, -0.25) is 4.79 Å². The number of hydrogen-bond donors (Lipinski definition) is 2. The second-order valence-corrected chi connectivity index (χ2v) is 6.05. The van der Waals surface area contributed by atoms with Gasteiger partial charge in [0.15, 0.2) is 0 Å². The average molecular weight is 284 g/mol. The minimum atomic E-state index is -0.755. The van der Waals surface area contributed by atoms with Gasteiger partial charge in [0.2, 0.25) is 0 Å². The molecule has 0 aromatic heterocycles. The lowest BCUT2D eigenvalue weighted by atomic mass is 9.94. The van der Waals surface area contributed by atoms with Crippen molar-refractivity contribution in [2.75, 3.05) is 26.2 Å². The molecule has 0 aromatic carbocycles. The van der Waals surface area contributed by atoms with Crippen LogP contribution in [0.2, 0.25) is 0 Å². The van der Waals surface area contributed by atoms with Crippen LogP contribution in [0.1, 0.15) is 32.6 Å². The fraction of sp³-hybridized carbons (Fsp3) is 0.857.